The van der Waals surface area contributed by atoms with E-state index in [4.69, 9.17) is 60.0 Å². The summed E-state index contributed by atoms with van der Waals surface area (Å²) < 4.78 is 0. The zero-order valence-electron chi connectivity index (χ0n) is 44.7. The monoisotopic (exact) mass is 2370 g/mol. The van der Waals surface area contributed by atoms with Gasteiger partial charge in [0.05, 0.1) is 0 Å². The molecule has 0 saturated heterocycles. The molecule has 0 aromatic carbocycles. The fourth-order valence-corrected chi connectivity index (χ4v) is 0. The van der Waals surface area contributed by atoms with Crippen LogP contribution >= 0.6 is 0 Å². The molecule has 8 N–H and O–H groups in total. The Hall–Kier alpha value is 63.8. The van der Waals surface area contributed by atoms with Gasteiger partial charge >= 0.3 is 2020 Å². The van der Waals surface area contributed by atoms with Crippen molar-refractivity contribution in [2.75, 3.05) is 0 Å². The van der Waals surface area contributed by atoms with Crippen molar-refractivity contribution < 1.29 is 60.0 Å². The summed E-state index contributed by atoms with van der Waals surface area (Å²) in [5, 5.41) is 55.8. The van der Waals surface area contributed by atoms with Crippen molar-refractivity contribution in [3.05, 3.63) is 0 Å². The second kappa shape index (κ2) is 392. The second-order valence-electron chi connectivity index (χ2n) is 1.13. The topological polar surface area (TPSA) is 230 Å². The van der Waals surface area contributed by atoms with Crippen LogP contribution in [0.5, 0.6) is 0 Å². The maximum Gasteiger partial charge on any atom is 2.00 e. The minimum absolute atomic E-state index is 0. The maximum absolute atomic E-state index is 8.56. The Labute approximate surface area is 2000 Å². The Balaban J connectivity index is -0.000000000403. The first kappa shape index (κ1) is 401. The molecule has 0 atom stereocenters. The van der Waals surface area contributed by atoms with Gasteiger partial charge in [0.1, 0.15) is 0 Å². The fraction of sp³-hybridized carbons (Fsp3) is 0. The van der Waals surface area contributed by atoms with E-state index >= 15 is 0 Å². The van der Waals surface area contributed by atoms with Crippen molar-refractivity contribution in [1.82, 2.24) is 0 Å². The van der Waals surface area contributed by atoms with Crippen LogP contribution in [0.15, 0.2) is 0 Å². The van der Waals surface area contributed by atoms with Crippen molar-refractivity contribution in [2.45, 2.75) is 0 Å². The molecule has 96 valence electrons. The molecular weight excluding hydrogens is 2360 g/mol. The second-order valence-corrected chi connectivity index (χ2v) is 1.13. The summed E-state index contributed by atoms with van der Waals surface area (Å²) in [5.74, 6) is 0. The van der Waals surface area contributed by atoms with Gasteiger partial charge in [0.15, 0.2) is 0 Å². The Bertz CT molecular complexity index is 207. The summed E-state index contributed by atoms with van der Waals surface area (Å²) in [4.78, 5) is 34.2. The van der Waals surface area contributed by atoms with Crippen LogP contribution < -0.4 is 0 Å². The molecule has 0 rings (SSSR count). The summed E-state index contributed by atoms with van der Waals surface area (Å²) in [6, 6.07) is 0. The summed E-state index contributed by atoms with van der Waals surface area (Å²) in [6.45, 7) is 0. The van der Waals surface area contributed by atoms with Crippen LogP contribution in [-0.2, 0) is 0 Å². The summed E-state index contributed by atoms with van der Waals surface area (Å²) in [5.41, 5.74) is 0. The molecule has 0 aliphatic heterocycles. The van der Waals surface area contributed by atoms with Gasteiger partial charge in [0.25, 0.3) is 0 Å². The summed E-state index contributed by atoms with van der Waals surface area (Å²) in [7, 11) is 0. The minimum atomic E-state index is -1.83. The van der Waals surface area contributed by atoms with Crippen molar-refractivity contribution in [3.63, 3.8) is 0 Å². The predicted octanol–water partition coefficient (Wildman–Crippen LogP) is -19.3. The number of carbonyl (C=O) groups is 4. The van der Waals surface area contributed by atoms with Crippen LogP contribution in [0.25, 0.3) is 0 Å². The van der Waals surface area contributed by atoms with Crippen LogP contribution in [0, 0.1) is 0 Å². The third kappa shape index (κ3) is 545. The van der Waals surface area contributed by atoms with E-state index in [9.17, 15) is 0 Å². The van der Waals surface area contributed by atoms with Gasteiger partial charge < -0.3 is 40.9 Å². The van der Waals surface area contributed by atoms with Crippen molar-refractivity contribution in [3.8, 4) is 0 Å². The third-order valence-corrected chi connectivity index (χ3v) is 0. The maximum atomic E-state index is 8.56. The van der Waals surface area contributed by atoms with Crippen LogP contribution in [0.2, 0.25) is 0 Å². The molecule has 0 radical (unpaired) electrons. The van der Waals surface area contributed by atoms with Gasteiger partial charge in [-0.25, -0.2) is 19.2 Å². The molecule has 0 bridgehead atoms. The zero-order valence-corrected chi connectivity index (χ0v) is 162. The number of rotatable bonds is 0. The molecule has 0 heterocycles. The predicted molar refractivity (Wildman–Crippen MR) is 348 cm³/mol. The van der Waals surface area contributed by atoms with Crippen LogP contribution in [0.3, 0.4) is 0 Å². The molecule has 0 unspecified atom stereocenters. The van der Waals surface area contributed by atoms with Gasteiger partial charge in [0.2, 0.25) is 0 Å². The van der Waals surface area contributed by atoms with Crippen LogP contribution in [0.4, 0.5) is 19.2 Å². The molecule has 0 fully saturated rings. The summed E-state index contributed by atoms with van der Waals surface area (Å²) >= 11 is 0. The molecular formula is C4H8Ca53O12+106. The van der Waals surface area contributed by atoms with Gasteiger partial charge in [0, 0.05) is 0 Å². The fourth-order valence-electron chi connectivity index (χ4n) is 0. The van der Waals surface area contributed by atoms with E-state index in [2.05, 4.69) is 0 Å². The first-order valence-corrected chi connectivity index (χ1v) is 2.61. The van der Waals surface area contributed by atoms with E-state index in [0.717, 1.165) is 0 Å². The number of carboxylic acid groups (broad SMARTS) is 8. The van der Waals surface area contributed by atoms with E-state index in [-0.39, 0.29) is 2000 Å². The van der Waals surface area contributed by atoms with Gasteiger partial charge in [-0.1, -0.05) is 0 Å². The standard InChI is InChI=1S/4CH2O3.53Ca/c4*2-1(3)4;;;;;;;;;;;;;;;;;;;;;;;;;;;;;;;;;;;;;;;;;;;;;;;;;;;;;/h4*(H2,2,3,4);;;;;;;;;;;;;;;;;;;;;;;;;;;;;;;;;;;;;;;;;;;;;;;;;;;;;/q;;;;53*+2. The average Bonchev–Trinajstić information content (AvgIpc) is 1.76. The molecule has 12 nitrogen and oxygen atoms in total. The molecule has 0 aromatic rings. The molecule has 0 aliphatic carbocycles. The average molecular weight is 2370 g/mol. The van der Waals surface area contributed by atoms with E-state index in [1.807, 2.05) is 0 Å². The molecule has 65 heteroatoms. The van der Waals surface area contributed by atoms with Gasteiger partial charge in [-0.05, 0) is 0 Å². The normalized spacial score (nSPS) is 1.39. The Kier molecular flexibility index (Phi) is 2280. The molecule has 0 amide bonds. The smallest absolute Gasteiger partial charge is 0.450 e. The minimum Gasteiger partial charge on any atom is -0.450 e. The Morgan fingerprint density at radius 3 is 0.101 bits per heavy atom. The number of hydrogen-bond donors (Lipinski definition) is 8. The van der Waals surface area contributed by atoms with Gasteiger partial charge in [-0.15, -0.1) is 0 Å². The number of hydrogen-bond acceptors (Lipinski definition) is 4. The van der Waals surface area contributed by atoms with Gasteiger partial charge in [-0.2, -0.15) is 0 Å². The Morgan fingerprint density at radius 1 is 0.101 bits per heavy atom. The molecule has 0 spiro atoms. The third-order valence-electron chi connectivity index (χ3n) is 0. The Morgan fingerprint density at radius 2 is 0.101 bits per heavy atom. The molecule has 69 heavy (non-hydrogen) atoms. The van der Waals surface area contributed by atoms with E-state index in [0.29, 0.717) is 0 Å². The van der Waals surface area contributed by atoms with E-state index < -0.39 is 24.6 Å². The van der Waals surface area contributed by atoms with E-state index in [1.54, 1.807) is 0 Å². The molecule has 0 saturated carbocycles. The first-order valence-electron chi connectivity index (χ1n) is 2.61. The van der Waals surface area contributed by atoms with Crippen molar-refractivity contribution in [2.24, 2.45) is 0 Å². The molecule has 0 aromatic heterocycles. The van der Waals surface area contributed by atoms with E-state index in [1.165, 1.54) is 0 Å². The van der Waals surface area contributed by atoms with Crippen LogP contribution in [0.1, 0.15) is 0 Å². The quantitative estimate of drug-likeness (QED) is 0.106. The summed E-state index contributed by atoms with van der Waals surface area (Å²) in [6.07, 6.45) is -7.33. The van der Waals surface area contributed by atoms with Crippen molar-refractivity contribution in [1.29, 1.82) is 0 Å². The first-order chi connectivity index (χ1) is 6.93. The van der Waals surface area contributed by atoms with Gasteiger partial charge in [-0.3, -0.25) is 0 Å². The van der Waals surface area contributed by atoms with Crippen molar-refractivity contribution >= 4 is 2020 Å². The molecule has 0 aliphatic rings. The largest absolute Gasteiger partial charge is 2.00 e. The zero-order chi connectivity index (χ0) is 14.3. The van der Waals surface area contributed by atoms with Crippen LogP contribution in [-0.4, -0.2) is 2070 Å². The SMILES string of the molecule is O=C(O)O.O=C(O)O.O=C(O)O.O=C(O)O.[Ca+2].[Ca+2].[Ca+2].[Ca+2].[Ca+2].[Ca+2].[Ca+2].[Ca+2].[Ca+2].[Ca+2].[Ca+2].[Ca+2].[Ca+2].[Ca+2].[Ca+2].[Ca+2].[Ca+2].[Ca+2].[Ca+2].[Ca+2].[Ca+2].[Ca+2].[Ca+2].[Ca+2].[Ca+2].[Ca+2].[Ca+2].[Ca+2].[Ca+2].[Ca+2].[Ca+2].[Ca+2].[Ca+2].[Ca+2].[Ca+2].[Ca+2].[Ca+2].[Ca+2].[Ca+2].[Ca+2].[Ca+2].[Ca+2].[Ca+2].[Ca+2].[Ca+2].[Ca+2].[Ca+2].[Ca+2].[Ca+2].[Ca+2].[Ca+2].[Ca+2].[Ca+2].